The van der Waals surface area contributed by atoms with Gasteiger partial charge in [-0.15, -0.1) is 0 Å². The van der Waals surface area contributed by atoms with Crippen molar-refractivity contribution in [2.24, 2.45) is 5.10 Å². The molecule has 0 amide bonds. The van der Waals surface area contributed by atoms with Gasteiger partial charge in [-0.05, 0) is 26.0 Å². The number of benzene rings is 3. The highest BCUT2D eigenvalue weighted by atomic mass is 79.9. The molecule has 4 aromatic rings. The number of aryl methyl sites for hydroxylation is 2. The fourth-order valence-corrected chi connectivity index (χ4v) is 3.26. The minimum atomic E-state index is 0.390. The Morgan fingerprint density at radius 3 is 1.90 bits per heavy atom. The zero-order valence-corrected chi connectivity index (χ0v) is 17.9. The average Bonchev–Trinajstić information content (AvgIpc) is 2.69. The SMILES string of the molecule is Cc1ccc(C(=N)/C(=N\n2cc(-c3ccc(Br)cc3)[nH]2)c2ccc(C)cc2)cc1. The van der Waals surface area contributed by atoms with Crippen LogP contribution in [0.5, 0.6) is 0 Å². The highest BCUT2D eigenvalue weighted by molar-refractivity contribution is 9.10. The third-order valence-corrected chi connectivity index (χ3v) is 5.28. The van der Waals surface area contributed by atoms with E-state index in [1.165, 1.54) is 11.1 Å². The van der Waals surface area contributed by atoms with E-state index in [2.05, 4.69) is 28.0 Å². The smallest absolute Gasteiger partial charge is 0.118 e. The monoisotopic (exact) mass is 444 g/mol. The van der Waals surface area contributed by atoms with Crippen molar-refractivity contribution in [1.82, 2.24) is 9.89 Å². The highest BCUT2D eigenvalue weighted by Crippen LogP contribution is 2.21. The summed E-state index contributed by atoms with van der Waals surface area (Å²) in [5.41, 5.74) is 7.18. The summed E-state index contributed by atoms with van der Waals surface area (Å²) in [6.07, 6.45) is 1.93. The molecule has 0 bridgehead atoms. The van der Waals surface area contributed by atoms with E-state index in [9.17, 15) is 0 Å². The number of nitrogens with zero attached hydrogens (tertiary/aromatic N) is 2. The Morgan fingerprint density at radius 1 is 0.828 bits per heavy atom. The average molecular weight is 445 g/mol. The first-order chi connectivity index (χ1) is 14.0. The van der Waals surface area contributed by atoms with Crippen molar-refractivity contribution in [1.29, 1.82) is 5.41 Å². The van der Waals surface area contributed by atoms with Gasteiger partial charge in [-0.2, -0.15) is 9.89 Å². The van der Waals surface area contributed by atoms with Gasteiger partial charge in [-0.3, -0.25) is 10.5 Å². The lowest BCUT2D eigenvalue weighted by atomic mass is 9.98. The lowest BCUT2D eigenvalue weighted by molar-refractivity contribution is 0.678. The van der Waals surface area contributed by atoms with Crippen LogP contribution in [0.1, 0.15) is 22.3 Å². The maximum absolute atomic E-state index is 8.77. The first-order valence-electron chi connectivity index (χ1n) is 9.35. The van der Waals surface area contributed by atoms with Crippen LogP contribution < -0.4 is 0 Å². The number of aromatic nitrogens is 2. The van der Waals surface area contributed by atoms with Crippen LogP contribution in [0, 0.1) is 19.3 Å². The van der Waals surface area contributed by atoms with Crippen LogP contribution in [0.4, 0.5) is 0 Å². The second kappa shape index (κ2) is 8.05. The molecule has 0 aliphatic rings. The molecular weight excluding hydrogens is 424 g/mol. The van der Waals surface area contributed by atoms with Gasteiger partial charge in [-0.25, -0.2) is 0 Å². The van der Waals surface area contributed by atoms with Crippen molar-refractivity contribution >= 4 is 27.4 Å². The Morgan fingerprint density at radius 2 is 1.34 bits per heavy atom. The van der Waals surface area contributed by atoms with Gasteiger partial charge in [0.15, 0.2) is 0 Å². The molecule has 5 heteroatoms. The van der Waals surface area contributed by atoms with Crippen molar-refractivity contribution in [3.8, 4) is 11.3 Å². The topological polar surface area (TPSA) is 56.9 Å². The number of hydrogen-bond acceptors (Lipinski definition) is 2. The Bertz CT molecular complexity index is 1150. The van der Waals surface area contributed by atoms with E-state index in [-0.39, 0.29) is 0 Å². The third-order valence-electron chi connectivity index (χ3n) is 4.75. The molecule has 0 fully saturated rings. The molecule has 144 valence electrons. The fraction of sp³-hybridized carbons (Fsp3) is 0.0833. The summed E-state index contributed by atoms with van der Waals surface area (Å²) in [5, 5.41) is 16.7. The van der Waals surface area contributed by atoms with Gasteiger partial charge in [0.2, 0.25) is 0 Å². The predicted molar refractivity (Wildman–Crippen MR) is 123 cm³/mol. The van der Waals surface area contributed by atoms with Crippen molar-refractivity contribution in [3.63, 3.8) is 0 Å². The number of rotatable bonds is 5. The summed E-state index contributed by atoms with van der Waals surface area (Å²) in [5.74, 6) is 0. The van der Waals surface area contributed by atoms with Gasteiger partial charge in [0, 0.05) is 21.2 Å². The Labute approximate surface area is 178 Å². The maximum atomic E-state index is 8.77. The molecule has 0 unspecified atom stereocenters. The van der Waals surface area contributed by atoms with Gasteiger partial charge in [0.05, 0.1) is 17.6 Å². The molecule has 4 rings (SSSR count). The molecule has 0 saturated heterocycles. The Kier molecular flexibility index (Phi) is 5.32. The Balaban J connectivity index is 1.69. The van der Waals surface area contributed by atoms with Gasteiger partial charge in [0.25, 0.3) is 0 Å². The van der Waals surface area contributed by atoms with Crippen molar-refractivity contribution in [3.05, 3.63) is 106 Å². The first-order valence-corrected chi connectivity index (χ1v) is 10.1. The minimum absolute atomic E-state index is 0.390. The zero-order valence-electron chi connectivity index (χ0n) is 16.3. The second-order valence-electron chi connectivity index (χ2n) is 7.06. The maximum Gasteiger partial charge on any atom is 0.118 e. The standard InChI is InChI=1S/C24H21BrN4/c1-16-3-7-19(8-4-16)23(26)24(20-9-5-17(2)6-10-20)28-29-15-22(27-29)18-11-13-21(25)14-12-18/h3-15,26-27H,1-2H3/b26-23?,28-24-. The largest absolute Gasteiger partial charge is 0.298 e. The van der Waals surface area contributed by atoms with Crippen molar-refractivity contribution in [2.75, 3.05) is 0 Å². The molecule has 1 heterocycles. The summed E-state index contributed by atoms with van der Waals surface area (Å²) in [6, 6.07) is 24.2. The molecule has 4 nitrogen and oxygen atoms in total. The van der Waals surface area contributed by atoms with Crippen molar-refractivity contribution < 1.29 is 0 Å². The molecular formula is C24H21BrN4. The molecule has 0 radical (unpaired) electrons. The van der Waals surface area contributed by atoms with Gasteiger partial charge >= 0.3 is 0 Å². The molecule has 1 aromatic heterocycles. The summed E-state index contributed by atoms with van der Waals surface area (Å²) >= 11 is 3.46. The van der Waals surface area contributed by atoms with Crippen LogP contribution >= 0.6 is 15.9 Å². The van der Waals surface area contributed by atoms with Crippen molar-refractivity contribution in [2.45, 2.75) is 13.8 Å². The molecule has 0 atom stereocenters. The quantitative estimate of drug-likeness (QED) is 0.345. The predicted octanol–water partition coefficient (Wildman–Crippen LogP) is 6.18. The fourth-order valence-electron chi connectivity index (χ4n) is 2.99. The van der Waals surface area contributed by atoms with Gasteiger partial charge in [-0.1, -0.05) is 87.7 Å². The van der Waals surface area contributed by atoms with Crippen LogP contribution in [-0.2, 0) is 0 Å². The zero-order chi connectivity index (χ0) is 20.4. The lowest BCUT2D eigenvalue weighted by Gasteiger charge is -2.15. The first kappa shape index (κ1) is 19.2. The number of halogens is 1. The summed E-state index contributed by atoms with van der Waals surface area (Å²) in [4.78, 5) is 1.66. The van der Waals surface area contributed by atoms with E-state index in [1.54, 1.807) is 4.79 Å². The van der Waals surface area contributed by atoms with Gasteiger partial charge < -0.3 is 0 Å². The van der Waals surface area contributed by atoms with E-state index in [0.29, 0.717) is 11.4 Å². The molecule has 29 heavy (non-hydrogen) atoms. The van der Waals surface area contributed by atoms with Crippen LogP contribution in [-0.4, -0.2) is 21.3 Å². The molecule has 2 N–H and O–H groups in total. The molecule has 0 aliphatic carbocycles. The van der Waals surface area contributed by atoms with E-state index in [4.69, 9.17) is 10.5 Å². The van der Waals surface area contributed by atoms with E-state index < -0.39 is 0 Å². The molecule has 0 aliphatic heterocycles. The highest BCUT2D eigenvalue weighted by Gasteiger charge is 2.14. The van der Waals surface area contributed by atoms with Crippen LogP contribution in [0.25, 0.3) is 11.3 Å². The van der Waals surface area contributed by atoms with E-state index >= 15 is 0 Å². The van der Waals surface area contributed by atoms with E-state index in [1.807, 2.05) is 85.9 Å². The third kappa shape index (κ3) is 4.30. The van der Waals surface area contributed by atoms with Crippen LogP contribution in [0.3, 0.4) is 0 Å². The normalized spacial score (nSPS) is 11.6. The number of aromatic amines is 1. The molecule has 0 saturated carbocycles. The van der Waals surface area contributed by atoms with E-state index in [0.717, 1.165) is 26.9 Å². The Hall–Kier alpha value is -3.18. The summed E-state index contributed by atoms with van der Waals surface area (Å²) in [7, 11) is 0. The number of H-pyrrole nitrogens is 1. The number of hydrogen-bond donors (Lipinski definition) is 2. The minimum Gasteiger partial charge on any atom is -0.298 e. The van der Waals surface area contributed by atoms with Crippen LogP contribution in [0.2, 0.25) is 0 Å². The summed E-state index contributed by atoms with van der Waals surface area (Å²) < 4.78 is 1.05. The molecule has 3 aromatic carbocycles. The van der Waals surface area contributed by atoms with Crippen LogP contribution in [0.15, 0.2) is 88.6 Å². The lowest BCUT2D eigenvalue weighted by Crippen LogP contribution is -2.19. The van der Waals surface area contributed by atoms with Gasteiger partial charge in [0.1, 0.15) is 5.71 Å². The second-order valence-corrected chi connectivity index (χ2v) is 7.98. The summed E-state index contributed by atoms with van der Waals surface area (Å²) in [6.45, 7) is 4.09. The number of nitrogens with one attached hydrogen (secondary N) is 2. The molecule has 0 spiro atoms.